The van der Waals surface area contributed by atoms with Gasteiger partial charge in [0.15, 0.2) is 10.6 Å². The second-order valence-electron chi connectivity index (χ2n) is 7.98. The van der Waals surface area contributed by atoms with Gasteiger partial charge in [-0.3, -0.25) is 4.79 Å². The predicted molar refractivity (Wildman–Crippen MR) is 129 cm³/mol. The van der Waals surface area contributed by atoms with Crippen LogP contribution < -0.4 is 0 Å². The number of rotatable bonds is 10. The number of carbonyl (C=O) groups excluding carboxylic acids is 2. The largest absolute Gasteiger partial charge is 0.467 e. The second kappa shape index (κ2) is 9.89. The lowest BCUT2D eigenvalue weighted by Crippen LogP contribution is -2.75. The first kappa shape index (κ1) is 25.3. The average Bonchev–Trinajstić information content (AvgIpc) is 3.34. The van der Waals surface area contributed by atoms with Crippen LogP contribution >= 0.6 is 39.0 Å². The Hall–Kier alpha value is -1.33. The molecule has 1 aromatic rings. The fraction of sp³-hybridized carbons (Fsp3) is 0.545. The van der Waals surface area contributed by atoms with E-state index in [1.54, 1.807) is 13.0 Å². The van der Waals surface area contributed by atoms with Gasteiger partial charge < -0.3 is 24.2 Å². The number of carbonyl (C=O) groups is 2. The highest BCUT2D eigenvalue weighted by atomic mass is 79.9. The van der Waals surface area contributed by atoms with Gasteiger partial charge in [0.2, 0.25) is 5.91 Å². The summed E-state index contributed by atoms with van der Waals surface area (Å²) in [4.78, 5) is 28.4. The van der Waals surface area contributed by atoms with Gasteiger partial charge in [-0.15, -0.1) is 23.1 Å². The van der Waals surface area contributed by atoms with Crippen LogP contribution in [-0.2, 0) is 23.8 Å². The number of hydrogen-bond acceptors (Lipinski definition) is 8. The molecule has 3 heterocycles. The van der Waals surface area contributed by atoms with E-state index >= 15 is 0 Å². The molecule has 5 atom stereocenters. The van der Waals surface area contributed by atoms with Gasteiger partial charge in [-0.05, 0) is 45.2 Å². The van der Waals surface area contributed by atoms with Gasteiger partial charge in [0.1, 0.15) is 29.9 Å². The molecular formula is C22H28BrNO6S2. The zero-order valence-corrected chi connectivity index (χ0v) is 21.7. The number of nitrogens with zero attached hydrogens (tertiary/aromatic N) is 1. The van der Waals surface area contributed by atoms with Gasteiger partial charge >= 0.3 is 5.97 Å². The Morgan fingerprint density at radius 3 is 2.78 bits per heavy atom. The van der Waals surface area contributed by atoms with Crippen molar-refractivity contribution in [2.75, 3.05) is 13.2 Å². The number of fused-ring (bicyclic) bond motifs is 1. The standard InChI is InChI=1S/C22H28BrNO6S2/c1-6-10-29-18(26)16-21(4,5)32-20-22(23,19(27)24(16)20)17(25)15(30-13(3)28-7-2)12-14-9-8-11-31-14/h6,8-9,11-13,16-17,20,25H,1,7,10H2,2-5H3/b15-12+/t13?,16-,17+,20+,22?/m0/s1. The molecule has 2 unspecified atom stereocenters. The smallest absolute Gasteiger partial charge is 0.330 e. The fourth-order valence-electron chi connectivity index (χ4n) is 3.86. The van der Waals surface area contributed by atoms with E-state index in [-0.39, 0.29) is 12.4 Å². The van der Waals surface area contributed by atoms with Crippen molar-refractivity contribution in [3.63, 3.8) is 0 Å². The van der Waals surface area contributed by atoms with Crippen molar-refractivity contribution in [2.24, 2.45) is 0 Å². The summed E-state index contributed by atoms with van der Waals surface area (Å²) in [6.45, 7) is 11.4. The van der Waals surface area contributed by atoms with Crippen molar-refractivity contribution in [3.8, 4) is 0 Å². The lowest BCUT2D eigenvalue weighted by molar-refractivity contribution is -0.168. The lowest BCUT2D eigenvalue weighted by Gasteiger charge is -2.52. The van der Waals surface area contributed by atoms with E-state index in [0.29, 0.717) is 6.61 Å². The van der Waals surface area contributed by atoms with Crippen LogP contribution in [-0.4, -0.2) is 68.0 Å². The normalized spacial score (nSPS) is 28.5. The molecule has 10 heteroatoms. The highest BCUT2D eigenvalue weighted by molar-refractivity contribution is 9.10. The van der Waals surface area contributed by atoms with Crippen LogP contribution in [0.15, 0.2) is 35.9 Å². The summed E-state index contributed by atoms with van der Waals surface area (Å²) < 4.78 is 14.7. The molecule has 2 aliphatic rings. The molecular weight excluding hydrogens is 518 g/mol. The number of ether oxygens (including phenoxy) is 3. The summed E-state index contributed by atoms with van der Waals surface area (Å²) in [6, 6.07) is 3.01. The van der Waals surface area contributed by atoms with Crippen LogP contribution in [0, 0.1) is 0 Å². The molecule has 0 aromatic carbocycles. The maximum absolute atomic E-state index is 13.4. The summed E-state index contributed by atoms with van der Waals surface area (Å²) in [5, 5.41) is 12.8. The Morgan fingerprint density at radius 1 is 1.47 bits per heavy atom. The quantitative estimate of drug-likeness (QED) is 0.119. The SMILES string of the molecule is C=CCOC(=O)[C@@H]1N2C(=O)C(Br)([C@H](O)/C(=C\c3cccs3)OC(C)OCC)[C@H]2SC1(C)C. The molecule has 1 N–H and O–H groups in total. The number of hydrogen-bond donors (Lipinski definition) is 1. The number of halogens is 1. The third-order valence-corrected chi connectivity index (χ3v) is 9.27. The summed E-state index contributed by atoms with van der Waals surface area (Å²) in [5.41, 5.74) is 0. The molecule has 0 saturated carbocycles. The Morgan fingerprint density at radius 2 is 2.19 bits per heavy atom. The van der Waals surface area contributed by atoms with E-state index in [0.717, 1.165) is 4.88 Å². The molecule has 2 fully saturated rings. The fourth-order valence-corrected chi connectivity index (χ4v) is 7.09. The first-order chi connectivity index (χ1) is 15.1. The molecule has 7 nitrogen and oxygen atoms in total. The molecule has 2 saturated heterocycles. The monoisotopic (exact) mass is 545 g/mol. The maximum Gasteiger partial charge on any atom is 0.330 e. The Balaban J connectivity index is 1.90. The summed E-state index contributed by atoms with van der Waals surface area (Å²) in [7, 11) is 0. The molecule has 0 spiro atoms. The van der Waals surface area contributed by atoms with E-state index in [9.17, 15) is 14.7 Å². The zero-order chi connectivity index (χ0) is 23.7. The Kier molecular flexibility index (Phi) is 7.81. The second-order valence-corrected chi connectivity index (χ2v) is 12.0. The van der Waals surface area contributed by atoms with Gasteiger partial charge in [0.05, 0.1) is 0 Å². The summed E-state index contributed by atoms with van der Waals surface area (Å²) in [5.74, 6) is -0.661. The molecule has 2 aliphatic heterocycles. The van der Waals surface area contributed by atoms with E-state index in [4.69, 9.17) is 14.2 Å². The van der Waals surface area contributed by atoms with Crippen molar-refractivity contribution in [2.45, 2.75) is 60.6 Å². The van der Waals surface area contributed by atoms with E-state index in [1.807, 2.05) is 38.3 Å². The summed E-state index contributed by atoms with van der Waals surface area (Å²) in [6.07, 6.45) is 1.29. The number of aliphatic hydroxyl groups excluding tert-OH is 1. The highest BCUT2D eigenvalue weighted by Gasteiger charge is 2.73. The van der Waals surface area contributed by atoms with Crippen molar-refractivity contribution >= 4 is 57.0 Å². The van der Waals surface area contributed by atoms with Gasteiger partial charge in [0, 0.05) is 16.2 Å². The third kappa shape index (κ3) is 4.52. The van der Waals surface area contributed by atoms with Crippen molar-refractivity contribution in [1.82, 2.24) is 4.90 Å². The van der Waals surface area contributed by atoms with Crippen LogP contribution in [0.1, 0.15) is 32.6 Å². The third-order valence-electron chi connectivity index (χ3n) is 5.29. The number of thioether (sulfide) groups is 1. The number of esters is 1. The number of thiophene rings is 1. The molecule has 3 rings (SSSR count). The van der Waals surface area contributed by atoms with Gasteiger partial charge in [-0.25, -0.2) is 4.79 Å². The number of β-lactam (4-membered cyclic amide) rings is 1. The first-order valence-corrected chi connectivity index (χ1v) is 12.8. The molecule has 32 heavy (non-hydrogen) atoms. The van der Waals surface area contributed by atoms with E-state index in [1.165, 1.54) is 34.1 Å². The van der Waals surface area contributed by atoms with Crippen LogP contribution in [0.4, 0.5) is 0 Å². The molecule has 1 amide bonds. The molecule has 0 radical (unpaired) electrons. The number of alkyl halides is 1. The minimum Gasteiger partial charge on any atom is -0.467 e. The molecule has 0 bridgehead atoms. The zero-order valence-electron chi connectivity index (χ0n) is 18.4. The minimum atomic E-state index is -1.35. The van der Waals surface area contributed by atoms with Crippen molar-refractivity contribution in [3.05, 3.63) is 40.8 Å². The topological polar surface area (TPSA) is 85.3 Å². The van der Waals surface area contributed by atoms with Crippen LogP contribution in [0.2, 0.25) is 0 Å². The summed E-state index contributed by atoms with van der Waals surface area (Å²) >= 11 is 6.46. The van der Waals surface area contributed by atoms with Gasteiger partial charge in [0.25, 0.3) is 0 Å². The molecule has 1 aromatic heterocycles. The van der Waals surface area contributed by atoms with Gasteiger partial charge in [-0.1, -0.05) is 34.7 Å². The number of amides is 1. The average molecular weight is 547 g/mol. The maximum atomic E-state index is 13.4. The predicted octanol–water partition coefficient (Wildman–Crippen LogP) is 3.77. The number of aliphatic hydroxyl groups is 1. The van der Waals surface area contributed by atoms with E-state index in [2.05, 4.69) is 22.5 Å². The lowest BCUT2D eigenvalue weighted by atomic mass is 9.86. The molecule has 176 valence electrons. The van der Waals surface area contributed by atoms with Gasteiger partial charge in [-0.2, -0.15) is 0 Å². The van der Waals surface area contributed by atoms with Crippen LogP contribution in [0.3, 0.4) is 0 Å². The van der Waals surface area contributed by atoms with Crippen molar-refractivity contribution < 1.29 is 28.9 Å². The van der Waals surface area contributed by atoms with Crippen LogP contribution in [0.25, 0.3) is 6.08 Å². The first-order valence-electron chi connectivity index (χ1n) is 10.3. The minimum absolute atomic E-state index is 0.0711. The van der Waals surface area contributed by atoms with Crippen LogP contribution in [0.5, 0.6) is 0 Å². The molecule has 0 aliphatic carbocycles. The van der Waals surface area contributed by atoms with Crippen molar-refractivity contribution in [1.29, 1.82) is 0 Å². The van der Waals surface area contributed by atoms with E-state index < -0.39 is 44.8 Å². The Labute approximate surface area is 204 Å². The highest BCUT2D eigenvalue weighted by Crippen LogP contribution is 2.60. The Bertz CT molecular complexity index is 889.